The van der Waals surface area contributed by atoms with Crippen molar-refractivity contribution in [1.82, 2.24) is 26.1 Å². The van der Waals surface area contributed by atoms with Gasteiger partial charge in [-0.1, -0.05) is 23.2 Å². The van der Waals surface area contributed by atoms with Crippen molar-refractivity contribution in [3.05, 3.63) is 35.2 Å². The van der Waals surface area contributed by atoms with Crippen LogP contribution in [0.2, 0.25) is 5.02 Å². The van der Waals surface area contributed by atoms with Gasteiger partial charge in [0.05, 0.1) is 0 Å². The number of nitrogens with zero attached hydrogens (tertiary/aromatic N) is 3. The van der Waals surface area contributed by atoms with Gasteiger partial charge in [-0.05, 0) is 57.4 Å². The van der Waals surface area contributed by atoms with E-state index in [2.05, 4.69) is 31.1 Å². The van der Waals surface area contributed by atoms with E-state index in [-0.39, 0.29) is 23.9 Å². The minimum atomic E-state index is 0.0523. The lowest BCUT2D eigenvalue weighted by Crippen LogP contribution is -2.47. The monoisotopic (exact) mass is 446 g/mol. The maximum absolute atomic E-state index is 12.3. The number of carbonyl (C=O) groups excluding carboxylic acids is 1. The Bertz CT molecular complexity index is 880. The zero-order valence-corrected chi connectivity index (χ0v) is 19.1. The second kappa shape index (κ2) is 11.1. The summed E-state index contributed by atoms with van der Waals surface area (Å²) in [6.07, 6.45) is 4.38. The molecule has 2 atom stereocenters. The number of benzene rings is 1. The summed E-state index contributed by atoms with van der Waals surface area (Å²) < 4.78 is 5.35. The molecule has 3 rings (SSSR count). The van der Waals surface area contributed by atoms with Gasteiger partial charge in [-0.15, -0.1) is 0 Å². The van der Waals surface area contributed by atoms with Gasteiger partial charge < -0.3 is 20.5 Å². The van der Waals surface area contributed by atoms with Crippen molar-refractivity contribution in [1.29, 1.82) is 0 Å². The first-order chi connectivity index (χ1) is 14.9. The van der Waals surface area contributed by atoms with Gasteiger partial charge in [0.25, 0.3) is 0 Å². The molecule has 0 saturated heterocycles. The molecule has 9 heteroatoms. The summed E-state index contributed by atoms with van der Waals surface area (Å²) in [5, 5.41) is 14.5. The molecule has 1 aliphatic carbocycles. The molecule has 3 N–H and O–H groups in total. The van der Waals surface area contributed by atoms with Crippen LogP contribution in [0, 0.1) is 5.92 Å². The van der Waals surface area contributed by atoms with E-state index in [4.69, 9.17) is 16.1 Å². The molecule has 0 spiro atoms. The highest BCUT2D eigenvalue weighted by atomic mass is 35.5. The number of amides is 1. The number of hydrogen-bond donors (Lipinski definition) is 3. The van der Waals surface area contributed by atoms with Crippen LogP contribution in [-0.2, 0) is 11.2 Å². The maximum Gasteiger partial charge on any atom is 0.228 e. The topological polar surface area (TPSA) is 104 Å². The van der Waals surface area contributed by atoms with Crippen LogP contribution in [0.1, 0.15) is 45.4 Å². The third-order valence-electron chi connectivity index (χ3n) is 5.24. The number of carbonyl (C=O) groups is 1. The van der Waals surface area contributed by atoms with Crippen molar-refractivity contribution in [2.75, 3.05) is 13.6 Å². The highest BCUT2D eigenvalue weighted by Gasteiger charge is 2.28. The standard InChI is InChI=1S/C22H31ClN6O2/c1-14(2)26-21(30)16-5-4-6-18(13-16)27-22(24-3)25-12-11-19-28-20(29-31-19)15-7-9-17(23)10-8-15/h7-10,14,16,18H,4-6,11-13H2,1-3H3,(H,26,30)(H2,24,25,27). The van der Waals surface area contributed by atoms with Crippen LogP contribution in [-0.4, -0.2) is 47.7 Å². The van der Waals surface area contributed by atoms with Crippen LogP contribution < -0.4 is 16.0 Å². The Morgan fingerprint density at radius 2 is 2.06 bits per heavy atom. The molecule has 0 radical (unpaired) electrons. The lowest BCUT2D eigenvalue weighted by atomic mass is 9.85. The summed E-state index contributed by atoms with van der Waals surface area (Å²) in [5.41, 5.74) is 0.859. The van der Waals surface area contributed by atoms with Gasteiger partial charge in [0.1, 0.15) is 0 Å². The lowest BCUT2D eigenvalue weighted by Gasteiger charge is -2.30. The van der Waals surface area contributed by atoms with Gasteiger partial charge in [0.2, 0.25) is 17.6 Å². The number of guanidine groups is 1. The van der Waals surface area contributed by atoms with Crippen molar-refractivity contribution in [2.24, 2.45) is 10.9 Å². The zero-order valence-electron chi connectivity index (χ0n) is 18.3. The molecule has 0 bridgehead atoms. The highest BCUT2D eigenvalue weighted by Crippen LogP contribution is 2.24. The number of aliphatic imine (C=N–C) groups is 1. The largest absolute Gasteiger partial charge is 0.356 e. The van der Waals surface area contributed by atoms with E-state index in [1.54, 1.807) is 19.2 Å². The first kappa shape index (κ1) is 23.1. The van der Waals surface area contributed by atoms with E-state index >= 15 is 0 Å². The van der Waals surface area contributed by atoms with Gasteiger partial charge in [0.15, 0.2) is 5.96 Å². The smallest absolute Gasteiger partial charge is 0.228 e. The fourth-order valence-corrected chi connectivity index (χ4v) is 3.84. The van der Waals surface area contributed by atoms with Crippen molar-refractivity contribution in [3.63, 3.8) is 0 Å². The fourth-order valence-electron chi connectivity index (χ4n) is 3.71. The zero-order chi connectivity index (χ0) is 22.2. The van der Waals surface area contributed by atoms with Crippen LogP contribution in [0.5, 0.6) is 0 Å². The number of aromatic nitrogens is 2. The third-order valence-corrected chi connectivity index (χ3v) is 5.49. The summed E-state index contributed by atoms with van der Waals surface area (Å²) in [6, 6.07) is 7.71. The Kier molecular flexibility index (Phi) is 8.28. The van der Waals surface area contributed by atoms with Gasteiger partial charge >= 0.3 is 0 Å². The summed E-state index contributed by atoms with van der Waals surface area (Å²) >= 11 is 5.92. The van der Waals surface area contributed by atoms with E-state index in [9.17, 15) is 4.79 Å². The minimum absolute atomic E-state index is 0.0523. The second-order valence-electron chi connectivity index (χ2n) is 8.14. The quantitative estimate of drug-likeness (QED) is 0.445. The average Bonchev–Trinajstić information content (AvgIpc) is 3.22. The Hall–Kier alpha value is -2.61. The molecule has 0 aliphatic heterocycles. The summed E-state index contributed by atoms with van der Waals surface area (Å²) in [4.78, 5) is 21.1. The summed E-state index contributed by atoms with van der Waals surface area (Å²) in [6.45, 7) is 4.58. The van der Waals surface area contributed by atoms with Crippen LogP contribution in [0.25, 0.3) is 11.4 Å². The predicted molar refractivity (Wildman–Crippen MR) is 122 cm³/mol. The molecule has 1 heterocycles. The van der Waals surface area contributed by atoms with Crippen molar-refractivity contribution in [2.45, 2.75) is 58.0 Å². The number of halogens is 1. The Balaban J connectivity index is 1.45. The number of hydrogen-bond acceptors (Lipinski definition) is 5. The van der Waals surface area contributed by atoms with Crippen LogP contribution >= 0.6 is 11.6 Å². The molecule has 2 unspecified atom stereocenters. The molecule has 2 aromatic rings. The number of rotatable bonds is 7. The van der Waals surface area contributed by atoms with E-state index in [1.165, 1.54) is 0 Å². The fraction of sp³-hybridized carbons (Fsp3) is 0.545. The molecular weight excluding hydrogens is 416 g/mol. The van der Waals surface area contributed by atoms with Gasteiger partial charge in [-0.25, -0.2) is 0 Å². The summed E-state index contributed by atoms with van der Waals surface area (Å²) in [7, 11) is 1.74. The molecule has 1 aromatic heterocycles. The van der Waals surface area contributed by atoms with E-state index in [0.717, 1.165) is 31.2 Å². The Morgan fingerprint density at radius 3 is 2.77 bits per heavy atom. The van der Waals surface area contributed by atoms with Crippen molar-refractivity contribution in [3.8, 4) is 11.4 Å². The van der Waals surface area contributed by atoms with Crippen LogP contribution in [0.3, 0.4) is 0 Å². The number of nitrogens with one attached hydrogen (secondary N) is 3. The first-order valence-electron chi connectivity index (χ1n) is 10.8. The van der Waals surface area contributed by atoms with E-state index in [0.29, 0.717) is 35.7 Å². The van der Waals surface area contributed by atoms with Gasteiger partial charge in [-0.2, -0.15) is 4.98 Å². The minimum Gasteiger partial charge on any atom is -0.356 e. The lowest BCUT2D eigenvalue weighted by molar-refractivity contribution is -0.126. The molecule has 1 amide bonds. The predicted octanol–water partition coefficient (Wildman–Crippen LogP) is 3.18. The average molecular weight is 447 g/mol. The molecule has 31 heavy (non-hydrogen) atoms. The molecule has 8 nitrogen and oxygen atoms in total. The van der Waals surface area contributed by atoms with Crippen molar-refractivity contribution >= 4 is 23.5 Å². The molecule has 1 fully saturated rings. The Labute approximate surface area is 188 Å². The second-order valence-corrected chi connectivity index (χ2v) is 8.57. The van der Waals surface area contributed by atoms with Crippen molar-refractivity contribution < 1.29 is 9.32 Å². The maximum atomic E-state index is 12.3. The molecule has 1 saturated carbocycles. The van der Waals surface area contributed by atoms with E-state index < -0.39 is 0 Å². The highest BCUT2D eigenvalue weighted by molar-refractivity contribution is 6.30. The third kappa shape index (κ3) is 6.95. The molecular formula is C22H31ClN6O2. The van der Waals surface area contributed by atoms with Gasteiger partial charge in [-0.3, -0.25) is 9.79 Å². The normalized spacial score (nSPS) is 19.3. The SMILES string of the molecule is CN=C(NCCc1nc(-c2ccc(Cl)cc2)no1)NC1CCCC(C(=O)NC(C)C)C1. The first-order valence-corrected chi connectivity index (χ1v) is 11.2. The molecule has 1 aliphatic rings. The van der Waals surface area contributed by atoms with Crippen LogP contribution in [0.4, 0.5) is 0 Å². The van der Waals surface area contributed by atoms with Gasteiger partial charge in [0, 0.05) is 48.6 Å². The molecule has 1 aromatic carbocycles. The van der Waals surface area contributed by atoms with Crippen LogP contribution in [0.15, 0.2) is 33.8 Å². The molecule has 168 valence electrons. The Morgan fingerprint density at radius 1 is 1.29 bits per heavy atom. The summed E-state index contributed by atoms with van der Waals surface area (Å²) in [5.74, 6) is 2.01. The van der Waals surface area contributed by atoms with E-state index in [1.807, 2.05) is 26.0 Å².